The van der Waals surface area contributed by atoms with E-state index in [1.807, 2.05) is 4.72 Å². The van der Waals surface area contributed by atoms with Crippen LogP contribution < -0.4 is 10.5 Å². The van der Waals surface area contributed by atoms with Crippen molar-refractivity contribution in [3.63, 3.8) is 0 Å². The van der Waals surface area contributed by atoms with Gasteiger partial charge in [-0.2, -0.15) is 4.72 Å². The van der Waals surface area contributed by atoms with Crippen LogP contribution in [0.3, 0.4) is 0 Å². The molecule has 0 bridgehead atoms. The van der Waals surface area contributed by atoms with Crippen LogP contribution in [0.4, 0.5) is 0 Å². The molecule has 0 aliphatic heterocycles. The summed E-state index contributed by atoms with van der Waals surface area (Å²) in [5, 5.41) is 8.84. The van der Waals surface area contributed by atoms with Gasteiger partial charge in [0.1, 0.15) is 6.04 Å². The molecular formula is C10H11BrN2O5S. The van der Waals surface area contributed by atoms with E-state index in [9.17, 15) is 18.0 Å². The van der Waals surface area contributed by atoms with E-state index < -0.39 is 34.4 Å². The highest BCUT2D eigenvalue weighted by Crippen LogP contribution is 2.16. The van der Waals surface area contributed by atoms with Crippen molar-refractivity contribution in [2.24, 2.45) is 5.73 Å². The lowest BCUT2D eigenvalue weighted by molar-refractivity contribution is -0.140. The Kier molecular flexibility index (Phi) is 5.04. The number of nitrogens with one attached hydrogen (secondary N) is 1. The third kappa shape index (κ3) is 4.62. The average molecular weight is 351 g/mol. The lowest BCUT2D eigenvalue weighted by Crippen LogP contribution is -2.43. The van der Waals surface area contributed by atoms with E-state index in [0.29, 0.717) is 4.47 Å². The third-order valence-electron chi connectivity index (χ3n) is 2.11. The summed E-state index contributed by atoms with van der Waals surface area (Å²) in [6, 6.07) is 4.13. The van der Waals surface area contributed by atoms with Gasteiger partial charge in [0.2, 0.25) is 15.9 Å². The van der Waals surface area contributed by atoms with E-state index in [4.69, 9.17) is 10.8 Å². The summed E-state index contributed by atoms with van der Waals surface area (Å²) >= 11 is 3.11. The maximum Gasteiger partial charge on any atom is 0.322 e. The van der Waals surface area contributed by atoms with Crippen molar-refractivity contribution >= 4 is 37.8 Å². The van der Waals surface area contributed by atoms with Crippen LogP contribution in [0.5, 0.6) is 0 Å². The Morgan fingerprint density at radius 3 is 2.53 bits per heavy atom. The van der Waals surface area contributed by atoms with Crippen LogP contribution in [0.15, 0.2) is 33.6 Å². The number of sulfonamides is 1. The van der Waals surface area contributed by atoms with E-state index in [0.717, 1.165) is 0 Å². The summed E-state index contributed by atoms with van der Waals surface area (Å²) in [5.74, 6) is -2.39. The topological polar surface area (TPSA) is 127 Å². The molecule has 0 saturated heterocycles. The van der Waals surface area contributed by atoms with Crippen LogP contribution in [0, 0.1) is 0 Å². The number of nitrogens with two attached hydrogens (primary N) is 1. The summed E-state index contributed by atoms with van der Waals surface area (Å²) in [6.07, 6.45) is -0.622. The van der Waals surface area contributed by atoms with Gasteiger partial charge in [-0.25, -0.2) is 8.42 Å². The minimum absolute atomic E-state index is 0.113. The standard InChI is InChI=1S/C10H11BrN2O5S/c11-6-2-1-3-7(4-6)19(17,18)13-8(10(15)16)5-9(12)14/h1-4,8,13H,5H2,(H2,12,14)(H,15,16). The van der Waals surface area contributed by atoms with Gasteiger partial charge in [0.15, 0.2) is 0 Å². The summed E-state index contributed by atoms with van der Waals surface area (Å²) in [5.41, 5.74) is 4.87. The molecule has 0 aliphatic carbocycles. The highest BCUT2D eigenvalue weighted by Gasteiger charge is 2.26. The molecule has 4 N–H and O–H groups in total. The van der Waals surface area contributed by atoms with E-state index in [1.165, 1.54) is 18.2 Å². The van der Waals surface area contributed by atoms with Gasteiger partial charge in [0, 0.05) is 4.47 Å². The second kappa shape index (κ2) is 6.13. The summed E-state index contributed by atoms with van der Waals surface area (Å²) in [4.78, 5) is 21.5. The Balaban J connectivity index is 3.00. The number of carboxylic acid groups (broad SMARTS) is 1. The SMILES string of the molecule is NC(=O)CC(NS(=O)(=O)c1cccc(Br)c1)C(=O)O. The van der Waals surface area contributed by atoms with Crippen molar-refractivity contribution in [3.8, 4) is 0 Å². The molecule has 0 radical (unpaired) electrons. The Hall–Kier alpha value is -1.45. The molecule has 7 nitrogen and oxygen atoms in total. The number of benzene rings is 1. The highest BCUT2D eigenvalue weighted by atomic mass is 79.9. The molecule has 0 spiro atoms. The van der Waals surface area contributed by atoms with Crippen LogP contribution >= 0.6 is 15.9 Å². The fourth-order valence-corrected chi connectivity index (χ4v) is 3.06. The molecule has 19 heavy (non-hydrogen) atoms. The zero-order chi connectivity index (χ0) is 14.6. The van der Waals surface area contributed by atoms with Crippen molar-refractivity contribution in [1.29, 1.82) is 0 Å². The number of hydrogen-bond acceptors (Lipinski definition) is 4. The molecule has 0 aliphatic rings. The number of amides is 1. The Labute approximate surface area is 118 Å². The van der Waals surface area contributed by atoms with E-state index >= 15 is 0 Å². The quantitative estimate of drug-likeness (QED) is 0.668. The molecule has 1 aromatic carbocycles. The number of carboxylic acids is 1. The number of halogens is 1. The Morgan fingerprint density at radius 1 is 1.42 bits per heavy atom. The van der Waals surface area contributed by atoms with Gasteiger partial charge < -0.3 is 10.8 Å². The van der Waals surface area contributed by atoms with Crippen LogP contribution in [-0.4, -0.2) is 31.4 Å². The smallest absolute Gasteiger partial charge is 0.322 e. The third-order valence-corrected chi connectivity index (χ3v) is 4.07. The summed E-state index contributed by atoms with van der Waals surface area (Å²) in [6.45, 7) is 0. The predicted octanol–water partition coefficient (Wildman–Crippen LogP) is 0.0560. The molecule has 1 aromatic rings. The summed E-state index contributed by atoms with van der Waals surface area (Å²) < 4.78 is 26.3. The predicted molar refractivity (Wildman–Crippen MR) is 69.7 cm³/mol. The van der Waals surface area contributed by atoms with Crippen molar-refractivity contribution in [3.05, 3.63) is 28.7 Å². The lowest BCUT2D eigenvalue weighted by atomic mass is 10.2. The maximum absolute atomic E-state index is 11.9. The number of primary amides is 1. The van der Waals surface area contributed by atoms with Crippen LogP contribution in [0.1, 0.15) is 6.42 Å². The molecule has 1 atom stereocenters. The Bertz CT molecular complexity index is 602. The van der Waals surface area contributed by atoms with Gasteiger partial charge in [-0.3, -0.25) is 9.59 Å². The van der Waals surface area contributed by atoms with Gasteiger partial charge in [-0.15, -0.1) is 0 Å². The van der Waals surface area contributed by atoms with E-state index in [1.54, 1.807) is 6.07 Å². The van der Waals surface area contributed by atoms with Crippen LogP contribution in [-0.2, 0) is 19.6 Å². The first-order valence-electron chi connectivity index (χ1n) is 5.01. The Morgan fingerprint density at radius 2 is 2.05 bits per heavy atom. The van der Waals surface area contributed by atoms with Crippen molar-refractivity contribution < 1.29 is 23.1 Å². The zero-order valence-corrected chi connectivity index (χ0v) is 11.9. The molecule has 0 saturated carbocycles. The molecule has 1 unspecified atom stereocenters. The second-order valence-corrected chi connectivity index (χ2v) is 6.27. The lowest BCUT2D eigenvalue weighted by Gasteiger charge is -2.13. The minimum atomic E-state index is -4.04. The van der Waals surface area contributed by atoms with E-state index in [2.05, 4.69) is 15.9 Å². The number of carbonyl (C=O) groups is 2. The number of carbonyl (C=O) groups excluding carboxylic acids is 1. The van der Waals surface area contributed by atoms with Gasteiger partial charge in [-0.1, -0.05) is 22.0 Å². The van der Waals surface area contributed by atoms with Gasteiger partial charge in [0.25, 0.3) is 0 Å². The number of rotatable bonds is 6. The average Bonchev–Trinajstić information content (AvgIpc) is 2.27. The normalized spacial score (nSPS) is 12.9. The van der Waals surface area contributed by atoms with Gasteiger partial charge in [-0.05, 0) is 18.2 Å². The molecule has 9 heteroatoms. The maximum atomic E-state index is 11.9. The first kappa shape index (κ1) is 15.6. The first-order valence-corrected chi connectivity index (χ1v) is 7.29. The van der Waals surface area contributed by atoms with Crippen molar-refractivity contribution in [2.45, 2.75) is 17.4 Å². The molecule has 1 rings (SSSR count). The van der Waals surface area contributed by atoms with Crippen LogP contribution in [0.25, 0.3) is 0 Å². The molecular weight excluding hydrogens is 340 g/mol. The van der Waals surface area contributed by atoms with Crippen molar-refractivity contribution in [2.75, 3.05) is 0 Å². The highest BCUT2D eigenvalue weighted by molar-refractivity contribution is 9.10. The number of hydrogen-bond donors (Lipinski definition) is 3. The van der Waals surface area contributed by atoms with Crippen molar-refractivity contribution in [1.82, 2.24) is 4.72 Å². The molecule has 1 amide bonds. The zero-order valence-electron chi connectivity index (χ0n) is 9.54. The minimum Gasteiger partial charge on any atom is -0.480 e. The molecule has 0 fully saturated rings. The van der Waals surface area contributed by atoms with Gasteiger partial charge >= 0.3 is 5.97 Å². The summed E-state index contributed by atoms with van der Waals surface area (Å²) in [7, 11) is -4.04. The second-order valence-electron chi connectivity index (χ2n) is 3.64. The monoisotopic (exact) mass is 350 g/mol. The first-order chi connectivity index (χ1) is 8.72. The molecule has 0 aromatic heterocycles. The van der Waals surface area contributed by atoms with E-state index in [-0.39, 0.29) is 4.90 Å². The largest absolute Gasteiger partial charge is 0.480 e. The fourth-order valence-electron chi connectivity index (χ4n) is 1.27. The van der Waals surface area contributed by atoms with Gasteiger partial charge in [0.05, 0.1) is 11.3 Å². The number of aliphatic carboxylic acids is 1. The molecule has 104 valence electrons. The van der Waals surface area contributed by atoms with Crippen LogP contribution in [0.2, 0.25) is 0 Å². The molecule has 0 heterocycles. The fraction of sp³-hybridized carbons (Fsp3) is 0.200.